The molecule has 0 amide bonds. The number of nitro benzene ring substituents is 1. The summed E-state index contributed by atoms with van der Waals surface area (Å²) in [4.78, 5) is 35.9. The van der Waals surface area contributed by atoms with Crippen molar-refractivity contribution in [2.24, 2.45) is 0 Å². The lowest BCUT2D eigenvalue weighted by Crippen LogP contribution is -2.17. The number of rotatable bonds is 8. The third kappa shape index (κ3) is 5.02. The molecule has 0 atom stereocenters. The number of nitro groups is 1. The molecule has 0 saturated heterocycles. The molecule has 0 unspecified atom stereocenters. The number of hydrogen-bond donors (Lipinski definition) is 0. The number of ether oxygens (including phenoxy) is 2. The quantitative estimate of drug-likeness (QED) is 0.117. The number of Topliss-reactive ketones (excluding diaryl/α,β-unsaturated/α-hetero) is 2. The Morgan fingerprint density at radius 2 is 1.73 bits per heavy atom. The molecule has 0 aliphatic carbocycles. The average Bonchev–Trinajstić information content (AvgIpc) is 2.72. The highest BCUT2D eigenvalue weighted by Gasteiger charge is 2.35. The van der Waals surface area contributed by atoms with Crippen LogP contribution in [0, 0.1) is 10.1 Å². The summed E-state index contributed by atoms with van der Waals surface area (Å²) < 4.78 is 48.7. The predicted octanol–water partition coefficient (Wildman–Crippen LogP) is 4.61. The maximum atomic E-state index is 12.9. The summed E-state index contributed by atoms with van der Waals surface area (Å²) in [6.45, 7) is 1.67. The molecule has 2 aromatic rings. The molecule has 0 radical (unpaired) electrons. The molecule has 0 heterocycles. The van der Waals surface area contributed by atoms with Gasteiger partial charge in [-0.2, -0.15) is 13.2 Å². The Morgan fingerprint density at radius 1 is 1.10 bits per heavy atom. The third-order valence-corrected chi connectivity index (χ3v) is 3.98. The van der Waals surface area contributed by atoms with E-state index in [1.807, 2.05) is 0 Å². The van der Waals surface area contributed by atoms with Crippen LogP contribution in [0.15, 0.2) is 54.3 Å². The van der Waals surface area contributed by atoms with Crippen LogP contribution in [0.3, 0.4) is 0 Å². The first-order valence-electron chi connectivity index (χ1n) is 8.51. The van der Waals surface area contributed by atoms with E-state index in [2.05, 4.69) is 0 Å². The van der Waals surface area contributed by atoms with Crippen molar-refractivity contribution in [3.05, 3.63) is 81.1 Å². The van der Waals surface area contributed by atoms with E-state index in [-0.39, 0.29) is 18.2 Å². The molecular formula is C20H16F3NO6. The fourth-order valence-electron chi connectivity index (χ4n) is 2.47. The van der Waals surface area contributed by atoms with E-state index in [0.717, 1.165) is 6.26 Å². The summed E-state index contributed by atoms with van der Waals surface area (Å²) in [6.07, 6.45) is -3.99. The van der Waals surface area contributed by atoms with Gasteiger partial charge in [-0.05, 0) is 43.3 Å². The summed E-state index contributed by atoms with van der Waals surface area (Å²) in [6, 6.07) is 7.14. The Bertz CT molecular complexity index is 997. The van der Waals surface area contributed by atoms with Gasteiger partial charge in [-0.3, -0.25) is 19.7 Å². The fourth-order valence-corrected chi connectivity index (χ4v) is 2.47. The maximum absolute atomic E-state index is 12.9. The number of methoxy groups -OCH3 is 1. The molecular weight excluding hydrogens is 407 g/mol. The average molecular weight is 423 g/mol. The highest BCUT2D eigenvalue weighted by atomic mass is 19.4. The van der Waals surface area contributed by atoms with Gasteiger partial charge in [0.05, 0.1) is 30.5 Å². The van der Waals surface area contributed by atoms with E-state index in [0.29, 0.717) is 17.9 Å². The first-order chi connectivity index (χ1) is 14.1. The molecule has 2 rings (SSSR count). The zero-order chi connectivity index (χ0) is 22.5. The number of allylic oxidation sites excluding steroid dienone is 1. The molecule has 0 bridgehead atoms. The van der Waals surface area contributed by atoms with Crippen molar-refractivity contribution < 1.29 is 37.2 Å². The maximum Gasteiger partial charge on any atom is 0.416 e. The number of halogens is 3. The molecule has 0 aliphatic rings. The lowest BCUT2D eigenvalue weighted by Gasteiger charge is -2.10. The molecule has 2 aromatic carbocycles. The van der Waals surface area contributed by atoms with Gasteiger partial charge in [0.1, 0.15) is 16.9 Å². The minimum Gasteiger partial charge on any atom is -0.501 e. The lowest BCUT2D eigenvalue weighted by molar-refractivity contribution is -0.385. The van der Waals surface area contributed by atoms with Gasteiger partial charge in [-0.25, -0.2) is 0 Å². The van der Waals surface area contributed by atoms with Gasteiger partial charge in [0.15, 0.2) is 5.78 Å². The monoisotopic (exact) mass is 423 g/mol. The second kappa shape index (κ2) is 9.21. The first kappa shape index (κ1) is 22.6. The van der Waals surface area contributed by atoms with Crippen LogP contribution < -0.4 is 4.74 Å². The van der Waals surface area contributed by atoms with E-state index in [9.17, 15) is 32.9 Å². The summed E-state index contributed by atoms with van der Waals surface area (Å²) in [7, 11) is 1.42. The number of benzene rings is 2. The van der Waals surface area contributed by atoms with E-state index in [1.54, 1.807) is 6.92 Å². The fraction of sp³-hybridized carbons (Fsp3) is 0.200. The number of alkyl halides is 3. The second-order valence-corrected chi connectivity index (χ2v) is 5.86. The van der Waals surface area contributed by atoms with E-state index in [1.165, 1.54) is 31.4 Å². The third-order valence-electron chi connectivity index (χ3n) is 3.98. The van der Waals surface area contributed by atoms with Crippen LogP contribution in [-0.4, -0.2) is 30.2 Å². The van der Waals surface area contributed by atoms with Gasteiger partial charge in [0.2, 0.25) is 5.78 Å². The molecule has 10 heteroatoms. The number of carbonyl (C=O) groups is 2. The van der Waals surface area contributed by atoms with Gasteiger partial charge in [-0.1, -0.05) is 0 Å². The van der Waals surface area contributed by atoms with Crippen molar-refractivity contribution >= 4 is 17.3 Å². The van der Waals surface area contributed by atoms with Gasteiger partial charge in [-0.15, -0.1) is 0 Å². The van der Waals surface area contributed by atoms with Crippen molar-refractivity contribution in [1.29, 1.82) is 0 Å². The molecule has 0 N–H and O–H groups in total. The highest BCUT2D eigenvalue weighted by molar-refractivity contribution is 6.31. The molecule has 7 nitrogen and oxygen atoms in total. The zero-order valence-electron chi connectivity index (χ0n) is 15.9. The Hall–Kier alpha value is -3.69. The normalized spacial score (nSPS) is 11.7. The summed E-state index contributed by atoms with van der Waals surface area (Å²) in [5, 5.41) is 11.3. The summed E-state index contributed by atoms with van der Waals surface area (Å²) >= 11 is 0. The highest BCUT2D eigenvalue weighted by Crippen LogP contribution is 2.34. The number of ketones is 2. The second-order valence-electron chi connectivity index (χ2n) is 5.86. The smallest absolute Gasteiger partial charge is 0.416 e. The van der Waals surface area contributed by atoms with Crippen molar-refractivity contribution in [3.63, 3.8) is 0 Å². The summed E-state index contributed by atoms with van der Waals surface area (Å²) in [5.74, 6) is -1.50. The first-order valence-corrected chi connectivity index (χ1v) is 8.51. The van der Waals surface area contributed by atoms with Crippen LogP contribution in [0.25, 0.3) is 0 Å². The van der Waals surface area contributed by atoms with E-state index in [4.69, 9.17) is 9.47 Å². The van der Waals surface area contributed by atoms with Gasteiger partial charge in [0.25, 0.3) is 5.69 Å². The van der Waals surface area contributed by atoms with Gasteiger partial charge < -0.3 is 9.47 Å². The minimum atomic E-state index is -4.84. The lowest BCUT2D eigenvalue weighted by atomic mass is 9.95. The van der Waals surface area contributed by atoms with Crippen LogP contribution in [-0.2, 0) is 10.9 Å². The van der Waals surface area contributed by atoms with Gasteiger partial charge in [0, 0.05) is 11.6 Å². The number of carbonyl (C=O) groups excluding carboxylic acids is 2. The van der Waals surface area contributed by atoms with E-state index >= 15 is 0 Å². The summed E-state index contributed by atoms with van der Waals surface area (Å²) in [5.41, 5.74) is -3.53. The SMILES string of the molecule is CCOC=C(C(=O)c1ccc(OC)cc1)C(=O)c1ccc(C(F)(F)F)cc1[N+](=O)[O-]. The van der Waals surface area contributed by atoms with Crippen molar-refractivity contribution in [2.45, 2.75) is 13.1 Å². The topological polar surface area (TPSA) is 95.7 Å². The van der Waals surface area contributed by atoms with E-state index < -0.39 is 45.1 Å². The van der Waals surface area contributed by atoms with Crippen LogP contribution in [0.2, 0.25) is 0 Å². The molecule has 0 aliphatic heterocycles. The van der Waals surface area contributed by atoms with Crippen LogP contribution in [0.5, 0.6) is 5.75 Å². The largest absolute Gasteiger partial charge is 0.501 e. The molecule has 0 spiro atoms. The van der Waals surface area contributed by atoms with Crippen molar-refractivity contribution in [2.75, 3.05) is 13.7 Å². The Morgan fingerprint density at radius 3 is 2.23 bits per heavy atom. The Labute approximate surface area is 168 Å². The predicted molar refractivity (Wildman–Crippen MR) is 99.5 cm³/mol. The molecule has 0 fully saturated rings. The van der Waals surface area contributed by atoms with Crippen LogP contribution in [0.4, 0.5) is 18.9 Å². The van der Waals surface area contributed by atoms with Crippen molar-refractivity contribution in [3.8, 4) is 5.75 Å². The van der Waals surface area contributed by atoms with Gasteiger partial charge >= 0.3 is 6.18 Å². The minimum absolute atomic E-state index is 0.0599. The molecule has 158 valence electrons. The molecule has 0 saturated carbocycles. The Kier molecular flexibility index (Phi) is 6.93. The number of nitrogens with zero attached hydrogens (tertiary/aromatic N) is 1. The molecule has 30 heavy (non-hydrogen) atoms. The standard InChI is InChI=1S/C20H16F3NO6/c1-3-30-11-16(18(25)12-4-7-14(29-2)8-5-12)19(26)15-9-6-13(20(21,22)23)10-17(15)24(27)28/h4-11H,3H2,1-2H3. The zero-order valence-corrected chi connectivity index (χ0v) is 15.9. The van der Waals surface area contributed by atoms with Crippen molar-refractivity contribution in [1.82, 2.24) is 0 Å². The Balaban J connectivity index is 2.54. The van der Waals surface area contributed by atoms with Crippen LogP contribution in [0.1, 0.15) is 33.2 Å². The van der Waals surface area contributed by atoms with Crippen LogP contribution >= 0.6 is 0 Å². The molecule has 0 aromatic heterocycles. The number of hydrogen-bond acceptors (Lipinski definition) is 6.